The molecule has 7 nitrogen and oxygen atoms in total. The first-order valence-corrected chi connectivity index (χ1v) is 13.0. The highest BCUT2D eigenvalue weighted by atomic mass is 28.4. The molecule has 2 aliphatic rings. The van der Waals surface area contributed by atoms with Gasteiger partial charge in [0, 0.05) is 12.7 Å². The molecule has 1 atom stereocenters. The molecule has 0 aromatic heterocycles. The molecule has 8 heteroatoms. The average molecular weight is 429 g/mol. The molecule has 1 unspecified atom stereocenters. The molecule has 0 saturated heterocycles. The molecule has 3 rings (SSSR count). The Balaban J connectivity index is 1.75. The first-order chi connectivity index (χ1) is 13.9. The van der Waals surface area contributed by atoms with Crippen LogP contribution in [0.25, 0.3) is 0 Å². The molecule has 0 fully saturated rings. The van der Waals surface area contributed by atoms with Crippen LogP contribution in [-0.4, -0.2) is 49.5 Å². The van der Waals surface area contributed by atoms with Crippen LogP contribution in [0.1, 0.15) is 53.5 Å². The standard InChI is InChI=1S/C22H28N2O5Si/c1-22(2,3)30(4,5)29-13-7-9-14-8-6-10-15-18(14)21(28)24(20(15)27)16-11-12-17(25)23-19(16)26/h6,8,10-12,16H,7,9,13H2,1-5H3,(H,23,25,26). The van der Waals surface area contributed by atoms with Crippen LogP contribution in [0.3, 0.4) is 0 Å². The number of hydrogen-bond acceptors (Lipinski definition) is 5. The van der Waals surface area contributed by atoms with Crippen molar-refractivity contribution in [2.45, 2.75) is 57.8 Å². The minimum absolute atomic E-state index is 0.124. The summed E-state index contributed by atoms with van der Waals surface area (Å²) in [5.74, 6) is -2.26. The molecule has 160 valence electrons. The normalized spacial score (nSPS) is 19.4. The minimum atomic E-state index is -1.84. The van der Waals surface area contributed by atoms with E-state index in [1.165, 1.54) is 6.08 Å². The molecule has 4 amide bonds. The van der Waals surface area contributed by atoms with E-state index in [0.717, 1.165) is 23.0 Å². The van der Waals surface area contributed by atoms with Gasteiger partial charge in [0.1, 0.15) is 6.04 Å². The summed E-state index contributed by atoms with van der Waals surface area (Å²) in [4.78, 5) is 50.3. The second-order valence-electron chi connectivity index (χ2n) is 9.19. The monoisotopic (exact) mass is 428 g/mol. The van der Waals surface area contributed by atoms with Crippen LogP contribution in [0, 0.1) is 0 Å². The van der Waals surface area contributed by atoms with Crippen LogP contribution in [-0.2, 0) is 20.4 Å². The number of carbonyl (C=O) groups is 4. The molecular formula is C22H28N2O5Si. The maximum Gasteiger partial charge on any atom is 0.262 e. The van der Waals surface area contributed by atoms with Crippen LogP contribution >= 0.6 is 0 Å². The second kappa shape index (κ2) is 7.92. The average Bonchev–Trinajstić information content (AvgIpc) is 2.90. The van der Waals surface area contributed by atoms with Gasteiger partial charge in [0.05, 0.1) is 11.1 Å². The summed E-state index contributed by atoms with van der Waals surface area (Å²) in [5, 5.41) is 2.26. The zero-order chi connectivity index (χ0) is 22.3. The van der Waals surface area contributed by atoms with Crippen molar-refractivity contribution >= 4 is 31.9 Å². The van der Waals surface area contributed by atoms with Crippen LogP contribution in [0.5, 0.6) is 0 Å². The third kappa shape index (κ3) is 4.02. The van der Waals surface area contributed by atoms with Crippen LogP contribution in [0.15, 0.2) is 30.4 Å². The topological polar surface area (TPSA) is 92.8 Å². The lowest BCUT2D eigenvalue weighted by Crippen LogP contribution is -2.51. The molecule has 2 heterocycles. The lowest BCUT2D eigenvalue weighted by molar-refractivity contribution is -0.130. The number of hydrogen-bond donors (Lipinski definition) is 1. The summed E-state index contributed by atoms with van der Waals surface area (Å²) >= 11 is 0. The Bertz CT molecular complexity index is 945. The van der Waals surface area contributed by atoms with Crippen molar-refractivity contribution in [1.82, 2.24) is 10.2 Å². The van der Waals surface area contributed by atoms with Gasteiger partial charge >= 0.3 is 0 Å². The molecule has 0 radical (unpaired) electrons. The van der Waals surface area contributed by atoms with E-state index >= 15 is 0 Å². The zero-order valence-electron chi connectivity index (χ0n) is 18.1. The minimum Gasteiger partial charge on any atom is -0.417 e. The van der Waals surface area contributed by atoms with E-state index in [9.17, 15) is 19.2 Å². The Labute approximate surface area is 177 Å². The lowest BCUT2D eigenvalue weighted by Gasteiger charge is -2.36. The van der Waals surface area contributed by atoms with Crippen LogP contribution in [0.2, 0.25) is 18.1 Å². The number of nitrogens with zero attached hydrogens (tertiary/aromatic N) is 1. The zero-order valence-corrected chi connectivity index (χ0v) is 19.1. The molecule has 0 bridgehead atoms. The lowest BCUT2D eigenvalue weighted by atomic mass is 9.99. The second-order valence-corrected chi connectivity index (χ2v) is 14.0. The Morgan fingerprint density at radius 1 is 1.10 bits per heavy atom. The summed E-state index contributed by atoms with van der Waals surface area (Å²) in [6.45, 7) is 11.5. The SMILES string of the molecule is CC(C)(C)[Si](C)(C)OCCCc1cccc2c1C(=O)N(C1C=CC(=O)NC1=O)C2=O. The van der Waals surface area contributed by atoms with E-state index < -0.39 is 38.0 Å². The largest absolute Gasteiger partial charge is 0.417 e. The summed E-state index contributed by atoms with van der Waals surface area (Å²) < 4.78 is 6.21. The number of benzene rings is 1. The number of nitrogens with one attached hydrogen (secondary N) is 1. The maximum atomic E-state index is 13.1. The third-order valence-electron chi connectivity index (χ3n) is 6.12. The summed E-state index contributed by atoms with van der Waals surface area (Å²) in [6.07, 6.45) is 3.77. The van der Waals surface area contributed by atoms with Gasteiger partial charge in [-0.1, -0.05) is 32.9 Å². The molecule has 1 N–H and O–H groups in total. The first kappa shape index (κ1) is 22.1. The molecule has 0 aliphatic carbocycles. The van der Waals surface area contributed by atoms with Crippen molar-refractivity contribution in [3.8, 4) is 0 Å². The van der Waals surface area contributed by atoms with Crippen LogP contribution in [0.4, 0.5) is 0 Å². The van der Waals surface area contributed by atoms with Crippen molar-refractivity contribution in [3.63, 3.8) is 0 Å². The van der Waals surface area contributed by atoms with E-state index in [0.29, 0.717) is 24.2 Å². The highest BCUT2D eigenvalue weighted by molar-refractivity contribution is 6.74. The molecule has 0 saturated carbocycles. The van der Waals surface area contributed by atoms with Gasteiger partial charge in [0.2, 0.25) is 5.91 Å². The number of aryl methyl sites for hydroxylation is 1. The molecule has 2 aliphatic heterocycles. The number of amides is 4. The van der Waals surface area contributed by atoms with Crippen molar-refractivity contribution in [2.24, 2.45) is 0 Å². The van der Waals surface area contributed by atoms with Crippen molar-refractivity contribution in [2.75, 3.05) is 6.61 Å². The highest BCUT2D eigenvalue weighted by Gasteiger charge is 2.44. The van der Waals surface area contributed by atoms with E-state index in [2.05, 4.69) is 39.2 Å². The van der Waals surface area contributed by atoms with Gasteiger partial charge in [-0.15, -0.1) is 0 Å². The third-order valence-corrected chi connectivity index (χ3v) is 10.7. The summed E-state index contributed by atoms with van der Waals surface area (Å²) in [5.41, 5.74) is 1.40. The summed E-state index contributed by atoms with van der Waals surface area (Å²) in [7, 11) is -1.84. The molecule has 0 spiro atoms. The first-order valence-electron chi connectivity index (χ1n) is 10.1. The highest BCUT2D eigenvalue weighted by Crippen LogP contribution is 2.36. The Kier molecular flexibility index (Phi) is 5.84. The van der Waals surface area contributed by atoms with Crippen LogP contribution < -0.4 is 5.32 Å². The predicted molar refractivity (Wildman–Crippen MR) is 114 cm³/mol. The Morgan fingerprint density at radius 2 is 1.80 bits per heavy atom. The number of imide groups is 2. The number of fused-ring (bicyclic) bond motifs is 1. The van der Waals surface area contributed by atoms with Gasteiger partial charge < -0.3 is 4.43 Å². The van der Waals surface area contributed by atoms with Gasteiger partial charge in [-0.05, 0) is 48.7 Å². The smallest absolute Gasteiger partial charge is 0.262 e. The molecule has 1 aromatic rings. The fourth-order valence-electron chi connectivity index (χ4n) is 3.35. The van der Waals surface area contributed by atoms with Crippen molar-refractivity contribution in [1.29, 1.82) is 0 Å². The fraction of sp³-hybridized carbons (Fsp3) is 0.455. The fourth-order valence-corrected chi connectivity index (χ4v) is 4.43. The molecular weight excluding hydrogens is 400 g/mol. The summed E-state index contributed by atoms with van der Waals surface area (Å²) in [6, 6.07) is 4.06. The van der Waals surface area contributed by atoms with Gasteiger partial charge in [0.15, 0.2) is 8.32 Å². The van der Waals surface area contributed by atoms with E-state index in [-0.39, 0.29) is 5.04 Å². The van der Waals surface area contributed by atoms with Crippen molar-refractivity contribution < 1.29 is 23.6 Å². The van der Waals surface area contributed by atoms with Gasteiger partial charge in [-0.3, -0.25) is 29.4 Å². The van der Waals surface area contributed by atoms with E-state index in [4.69, 9.17) is 4.43 Å². The van der Waals surface area contributed by atoms with Gasteiger partial charge in [-0.25, -0.2) is 0 Å². The molecule has 1 aromatic carbocycles. The number of rotatable bonds is 6. The maximum absolute atomic E-state index is 13.1. The predicted octanol–water partition coefficient (Wildman–Crippen LogP) is 2.82. The van der Waals surface area contributed by atoms with E-state index in [1.54, 1.807) is 12.1 Å². The van der Waals surface area contributed by atoms with Crippen molar-refractivity contribution in [3.05, 3.63) is 47.0 Å². The Hall–Kier alpha value is -2.58. The van der Waals surface area contributed by atoms with Gasteiger partial charge in [0.25, 0.3) is 17.7 Å². The van der Waals surface area contributed by atoms with Gasteiger partial charge in [-0.2, -0.15) is 0 Å². The molecule has 30 heavy (non-hydrogen) atoms. The number of carbonyl (C=O) groups excluding carboxylic acids is 4. The van der Waals surface area contributed by atoms with E-state index in [1.807, 2.05) is 6.07 Å². The Morgan fingerprint density at radius 3 is 2.43 bits per heavy atom. The quantitative estimate of drug-likeness (QED) is 0.427.